The second-order valence-corrected chi connectivity index (χ2v) is 9.89. The number of benzene rings is 1. The van der Waals surface area contributed by atoms with E-state index < -0.39 is 7.82 Å². The molecule has 4 fully saturated rings. The van der Waals surface area contributed by atoms with Gasteiger partial charge in [-0.15, -0.1) is 18.0 Å². The summed E-state index contributed by atoms with van der Waals surface area (Å²) in [5.74, 6) is 4.59. The van der Waals surface area contributed by atoms with Gasteiger partial charge in [-0.25, -0.2) is 4.57 Å². The van der Waals surface area contributed by atoms with Gasteiger partial charge >= 0.3 is 7.82 Å². The van der Waals surface area contributed by atoms with Crippen LogP contribution in [0.5, 0.6) is 5.75 Å². The second kappa shape index (κ2) is 6.57. The molecule has 1 aromatic rings. The topological polar surface area (TPSA) is 76.0 Å². The van der Waals surface area contributed by atoms with Crippen molar-refractivity contribution in [1.82, 2.24) is 0 Å². The molecule has 0 aromatic heterocycles. The van der Waals surface area contributed by atoms with Crippen LogP contribution < -0.4 is 4.52 Å². The first kappa shape index (κ1) is 18.9. The number of halogens is 1. The number of phosphoric acid groups is 1. The first-order chi connectivity index (χ1) is 12.7. The summed E-state index contributed by atoms with van der Waals surface area (Å²) in [6, 6.07) is 5.00. The lowest BCUT2D eigenvalue weighted by Crippen LogP contribution is -2.48. The summed E-state index contributed by atoms with van der Waals surface area (Å²) in [7, 11) is -3.09. The molecule has 0 heterocycles. The summed E-state index contributed by atoms with van der Waals surface area (Å²) in [5, 5.41) is 0. The van der Waals surface area contributed by atoms with Gasteiger partial charge in [-0.2, -0.15) is 0 Å². The molecule has 0 spiro atoms. The number of rotatable bonds is 4. The molecule has 7 heteroatoms. The Bertz CT molecular complexity index is 878. The van der Waals surface area contributed by atoms with Gasteiger partial charge < -0.3 is 9.26 Å². The zero-order valence-electron chi connectivity index (χ0n) is 15.0. The quantitative estimate of drug-likeness (QED) is 0.336. The molecule has 4 aliphatic rings. The van der Waals surface area contributed by atoms with Crippen molar-refractivity contribution >= 4 is 25.2 Å². The third-order valence-electron chi connectivity index (χ3n) is 6.08. The van der Waals surface area contributed by atoms with Gasteiger partial charge in [0, 0.05) is 10.4 Å². The van der Waals surface area contributed by atoms with Crippen molar-refractivity contribution in [3.8, 4) is 18.1 Å². The molecule has 27 heavy (non-hydrogen) atoms. The molecular formula is C20H22ClO5P. The van der Waals surface area contributed by atoms with Crippen molar-refractivity contribution in [2.24, 2.45) is 17.8 Å². The molecule has 144 valence electrons. The van der Waals surface area contributed by atoms with Crippen LogP contribution in [0.4, 0.5) is 0 Å². The van der Waals surface area contributed by atoms with E-state index in [1.54, 1.807) is 19.2 Å². The Kier molecular flexibility index (Phi) is 4.60. The molecule has 4 aliphatic carbocycles. The molecule has 2 atom stereocenters. The van der Waals surface area contributed by atoms with Gasteiger partial charge in [0.25, 0.3) is 0 Å². The summed E-state index contributed by atoms with van der Waals surface area (Å²) >= 11 is 6.84. The maximum Gasteiger partial charge on any atom is 0.524 e. The average molecular weight is 409 g/mol. The number of methoxy groups -OCH3 is 1. The van der Waals surface area contributed by atoms with E-state index in [1.165, 1.54) is 5.57 Å². The minimum Gasteiger partial charge on any atom is -0.496 e. The SMILES string of the molecule is C#Cc1ccc(C(OC)=C2C3CC4CC2CC(Cl)(C4)C3)cc1OP(=O)(O)O. The van der Waals surface area contributed by atoms with Gasteiger partial charge in [0.2, 0.25) is 0 Å². The zero-order chi connectivity index (χ0) is 19.4. The van der Waals surface area contributed by atoms with Crippen molar-refractivity contribution in [2.75, 3.05) is 7.11 Å². The fourth-order valence-electron chi connectivity index (χ4n) is 5.45. The van der Waals surface area contributed by atoms with Crippen LogP contribution in [0.25, 0.3) is 5.76 Å². The third-order valence-corrected chi connectivity index (χ3v) is 6.97. The van der Waals surface area contributed by atoms with E-state index >= 15 is 0 Å². The molecule has 5 rings (SSSR count). The largest absolute Gasteiger partial charge is 0.524 e. The standard InChI is InChI=1S/C20H22ClO5P/c1-3-13-4-5-14(8-17(13)26-27(22,23)24)19(25-2)18-15-6-12-7-16(18)11-20(21,9-12)10-15/h1,4-5,8,12,15-16H,6-7,9-11H2,2H3,(H2,22,23,24). The monoisotopic (exact) mass is 408 g/mol. The van der Waals surface area contributed by atoms with Crippen molar-refractivity contribution in [1.29, 1.82) is 0 Å². The lowest BCUT2D eigenvalue weighted by molar-refractivity contribution is 0.0843. The van der Waals surface area contributed by atoms with E-state index in [4.69, 9.17) is 27.3 Å². The molecule has 1 aromatic carbocycles. The maximum absolute atomic E-state index is 11.3. The van der Waals surface area contributed by atoms with Crippen LogP contribution in [0.3, 0.4) is 0 Å². The molecule has 4 bridgehead atoms. The smallest absolute Gasteiger partial charge is 0.496 e. The molecule has 0 radical (unpaired) electrons. The van der Waals surface area contributed by atoms with Crippen LogP contribution in [0.2, 0.25) is 0 Å². The minimum atomic E-state index is -4.72. The third kappa shape index (κ3) is 3.52. The summed E-state index contributed by atoms with van der Waals surface area (Å²) in [6.07, 6.45) is 10.7. The van der Waals surface area contributed by atoms with Crippen molar-refractivity contribution in [3.05, 3.63) is 34.9 Å². The van der Waals surface area contributed by atoms with E-state index in [-0.39, 0.29) is 16.2 Å². The van der Waals surface area contributed by atoms with E-state index in [1.807, 2.05) is 6.07 Å². The van der Waals surface area contributed by atoms with Crippen molar-refractivity contribution in [3.63, 3.8) is 0 Å². The Morgan fingerprint density at radius 3 is 2.48 bits per heavy atom. The van der Waals surface area contributed by atoms with E-state index in [9.17, 15) is 14.4 Å². The van der Waals surface area contributed by atoms with Crippen molar-refractivity contribution in [2.45, 2.75) is 37.0 Å². The number of hydrogen-bond donors (Lipinski definition) is 2. The van der Waals surface area contributed by atoms with E-state index in [0.717, 1.165) is 37.9 Å². The van der Waals surface area contributed by atoms with Gasteiger partial charge in [0.05, 0.1) is 12.7 Å². The Balaban J connectivity index is 1.78. The van der Waals surface area contributed by atoms with Gasteiger partial charge in [-0.1, -0.05) is 5.92 Å². The van der Waals surface area contributed by atoms with E-state index in [0.29, 0.717) is 23.3 Å². The maximum atomic E-state index is 11.3. The number of allylic oxidation sites excluding steroid dienone is 1. The van der Waals surface area contributed by atoms with Crippen LogP contribution in [-0.4, -0.2) is 21.8 Å². The minimum absolute atomic E-state index is 0.0175. The number of phosphoric ester groups is 1. The number of ether oxygens (including phenoxy) is 1. The lowest BCUT2D eigenvalue weighted by Gasteiger charge is -2.55. The fraction of sp³-hybridized carbons (Fsp3) is 0.500. The number of hydrogen-bond acceptors (Lipinski definition) is 3. The Morgan fingerprint density at radius 2 is 1.96 bits per heavy atom. The van der Waals surface area contributed by atoms with Crippen LogP contribution in [0.15, 0.2) is 23.8 Å². The summed E-state index contributed by atoms with van der Waals surface area (Å²) < 4.78 is 21.9. The Hall–Kier alpha value is -1.44. The van der Waals surface area contributed by atoms with Gasteiger partial charge in [0.15, 0.2) is 0 Å². The fourth-order valence-corrected chi connectivity index (χ4v) is 6.45. The molecule has 0 amide bonds. The number of terminal acetylenes is 1. The van der Waals surface area contributed by atoms with E-state index in [2.05, 4.69) is 5.92 Å². The summed E-state index contributed by atoms with van der Waals surface area (Å²) in [4.78, 5) is 18.3. The highest BCUT2D eigenvalue weighted by atomic mass is 35.5. The van der Waals surface area contributed by atoms with Crippen LogP contribution in [0, 0.1) is 30.1 Å². The molecule has 2 N–H and O–H groups in total. The molecule has 5 nitrogen and oxygen atoms in total. The first-order valence-electron chi connectivity index (χ1n) is 9.04. The van der Waals surface area contributed by atoms with Crippen LogP contribution in [-0.2, 0) is 9.30 Å². The highest BCUT2D eigenvalue weighted by Crippen LogP contribution is 2.61. The van der Waals surface area contributed by atoms with Crippen LogP contribution in [0.1, 0.15) is 43.2 Å². The predicted molar refractivity (Wildman–Crippen MR) is 103 cm³/mol. The molecule has 0 saturated heterocycles. The van der Waals surface area contributed by atoms with Gasteiger partial charge in [-0.3, -0.25) is 9.79 Å². The van der Waals surface area contributed by atoms with Crippen LogP contribution >= 0.6 is 19.4 Å². The highest BCUT2D eigenvalue weighted by molar-refractivity contribution is 7.46. The molecule has 0 aliphatic heterocycles. The Labute approximate surface area is 164 Å². The zero-order valence-corrected chi connectivity index (χ0v) is 16.7. The summed E-state index contributed by atoms with van der Waals surface area (Å²) in [5.41, 5.74) is 2.28. The average Bonchev–Trinajstić information content (AvgIpc) is 2.55. The van der Waals surface area contributed by atoms with Gasteiger partial charge in [-0.05, 0) is 73.6 Å². The van der Waals surface area contributed by atoms with Gasteiger partial charge in [0.1, 0.15) is 11.5 Å². The summed E-state index contributed by atoms with van der Waals surface area (Å²) in [6.45, 7) is 0. The molecule has 4 saturated carbocycles. The normalized spacial score (nSPS) is 31.5. The lowest BCUT2D eigenvalue weighted by atomic mass is 9.53. The highest BCUT2D eigenvalue weighted by Gasteiger charge is 2.53. The van der Waals surface area contributed by atoms with Crippen molar-refractivity contribution < 1.29 is 23.6 Å². The first-order valence-corrected chi connectivity index (χ1v) is 11.0. The second-order valence-electron chi connectivity index (χ2n) is 7.92. The molecular weight excluding hydrogens is 387 g/mol. The number of alkyl halides is 1. The Morgan fingerprint density at radius 1 is 1.30 bits per heavy atom. The molecule has 2 unspecified atom stereocenters. The predicted octanol–water partition coefficient (Wildman–Crippen LogP) is 4.31.